The summed E-state index contributed by atoms with van der Waals surface area (Å²) in [4.78, 5) is 33.9. The Labute approximate surface area is 366 Å². The number of nitrogens with zero attached hydrogens (tertiary/aromatic N) is 8. The van der Waals surface area contributed by atoms with Gasteiger partial charge in [-0.15, -0.1) is 10.2 Å². The number of carbonyl (C=O) groups is 2. The van der Waals surface area contributed by atoms with Gasteiger partial charge in [-0.25, -0.2) is 19.3 Å². The molecule has 19 heteroatoms. The van der Waals surface area contributed by atoms with Crippen LogP contribution in [0.15, 0.2) is 121 Å². The number of para-hydroxylation sites is 2. The van der Waals surface area contributed by atoms with Crippen LogP contribution >= 0.6 is 23.4 Å². The van der Waals surface area contributed by atoms with Crippen molar-refractivity contribution in [3.8, 4) is 17.2 Å². The third-order valence-corrected chi connectivity index (χ3v) is 10.1. The SMILES string of the molecule is C=CC(=O)NCc1ccc(C(=O)Nc2ccccc2Oc2ccc(OCCOCCn3cc(CSc4nc(NCCN)c5nnn(Cc6ccc(Cl)cc6)c5n4)nn3)cc2)cc1. The number of ether oxygens (including phenoxy) is 3. The lowest BCUT2D eigenvalue weighted by Gasteiger charge is -2.13. The first-order chi connectivity index (χ1) is 30.3. The number of amides is 2. The number of anilines is 2. The summed E-state index contributed by atoms with van der Waals surface area (Å²) in [5.41, 5.74) is 10.5. The molecule has 0 aliphatic heterocycles. The number of hydrogen-bond acceptors (Lipinski definition) is 14. The minimum Gasteiger partial charge on any atom is -0.491 e. The number of carbonyl (C=O) groups excluding carboxylic acids is 2. The number of halogens is 1. The molecular weight excluding hydrogens is 832 g/mol. The Morgan fingerprint density at radius 3 is 2.44 bits per heavy atom. The first kappa shape index (κ1) is 43.2. The molecule has 0 bridgehead atoms. The summed E-state index contributed by atoms with van der Waals surface area (Å²) in [6, 6.07) is 28.9. The van der Waals surface area contributed by atoms with Gasteiger partial charge in [0.25, 0.3) is 5.91 Å². The second kappa shape index (κ2) is 21.6. The average Bonchev–Trinajstić information content (AvgIpc) is 3.94. The van der Waals surface area contributed by atoms with Crippen molar-refractivity contribution >= 4 is 57.8 Å². The van der Waals surface area contributed by atoms with Crippen molar-refractivity contribution in [3.63, 3.8) is 0 Å². The highest BCUT2D eigenvalue weighted by atomic mass is 35.5. The van der Waals surface area contributed by atoms with Gasteiger partial charge in [0, 0.05) is 42.2 Å². The second-order valence-electron chi connectivity index (χ2n) is 13.5. The summed E-state index contributed by atoms with van der Waals surface area (Å²) < 4.78 is 21.2. The Morgan fingerprint density at radius 2 is 1.65 bits per heavy atom. The van der Waals surface area contributed by atoms with Crippen LogP contribution in [-0.2, 0) is 34.9 Å². The maximum absolute atomic E-state index is 13.0. The molecule has 0 radical (unpaired) electrons. The Kier molecular flexibility index (Phi) is 15.1. The molecule has 62 heavy (non-hydrogen) atoms. The number of hydrogen-bond donors (Lipinski definition) is 4. The van der Waals surface area contributed by atoms with Crippen LogP contribution in [0.25, 0.3) is 11.2 Å². The molecule has 0 aliphatic rings. The fourth-order valence-corrected chi connectivity index (χ4v) is 6.68. The van der Waals surface area contributed by atoms with Crippen molar-refractivity contribution in [1.29, 1.82) is 0 Å². The largest absolute Gasteiger partial charge is 0.491 e. The predicted octanol–water partition coefficient (Wildman–Crippen LogP) is 6.12. The van der Waals surface area contributed by atoms with Gasteiger partial charge >= 0.3 is 0 Å². The zero-order valence-corrected chi connectivity index (χ0v) is 35.0. The summed E-state index contributed by atoms with van der Waals surface area (Å²) in [7, 11) is 0. The lowest BCUT2D eigenvalue weighted by molar-refractivity contribution is -0.116. The van der Waals surface area contributed by atoms with Gasteiger partial charge in [-0.3, -0.25) is 9.59 Å². The molecule has 3 heterocycles. The highest BCUT2D eigenvalue weighted by Crippen LogP contribution is 2.31. The van der Waals surface area contributed by atoms with Gasteiger partial charge in [0.2, 0.25) is 5.91 Å². The van der Waals surface area contributed by atoms with Crippen LogP contribution in [0.2, 0.25) is 5.02 Å². The maximum atomic E-state index is 13.0. The zero-order valence-electron chi connectivity index (χ0n) is 33.4. The number of nitrogens with two attached hydrogens (primary N) is 1. The van der Waals surface area contributed by atoms with Crippen LogP contribution in [0.5, 0.6) is 17.2 Å². The third-order valence-electron chi connectivity index (χ3n) is 8.98. The lowest BCUT2D eigenvalue weighted by atomic mass is 10.1. The fraction of sp³-hybridized carbons (Fsp3) is 0.209. The van der Waals surface area contributed by atoms with Gasteiger partial charge in [0.15, 0.2) is 27.9 Å². The minimum atomic E-state index is -0.295. The maximum Gasteiger partial charge on any atom is 0.255 e. The average molecular weight is 875 g/mol. The van der Waals surface area contributed by atoms with Gasteiger partial charge in [0.1, 0.15) is 18.1 Å². The standard InChI is InChI=1S/C43H43ClN12O5S/c1-2-38(57)47-25-29-7-11-31(12-8-29)42(58)48-36-5-3-4-6-37(36)61-35-17-15-34(16-18-35)60-24-23-59-22-21-55-27-33(51-53-55)28-62-43-49-40(46-20-19-45)39-41(50-43)56(54-52-39)26-30-9-13-32(44)14-10-30/h2-18,27H,1,19-26,28,45H2,(H,47,57)(H,48,58)(H,46,49,50). The summed E-state index contributed by atoms with van der Waals surface area (Å²) in [6.45, 7) is 6.86. The molecule has 17 nitrogen and oxygen atoms in total. The molecule has 2 amide bonds. The molecule has 0 unspecified atom stereocenters. The van der Waals surface area contributed by atoms with Crippen LogP contribution in [0, 0.1) is 0 Å². The summed E-state index contributed by atoms with van der Waals surface area (Å²) in [6.07, 6.45) is 3.08. The van der Waals surface area contributed by atoms with E-state index in [1.54, 1.807) is 70.0 Å². The highest BCUT2D eigenvalue weighted by molar-refractivity contribution is 7.98. The van der Waals surface area contributed by atoms with Gasteiger partial charge < -0.3 is 35.9 Å². The van der Waals surface area contributed by atoms with E-state index in [9.17, 15) is 9.59 Å². The van der Waals surface area contributed by atoms with Crippen molar-refractivity contribution in [2.45, 2.75) is 30.5 Å². The minimum absolute atomic E-state index is 0.264. The van der Waals surface area contributed by atoms with Crippen molar-refractivity contribution in [2.75, 3.05) is 43.5 Å². The van der Waals surface area contributed by atoms with Crippen molar-refractivity contribution in [3.05, 3.63) is 143 Å². The number of thioether (sulfide) groups is 1. The predicted molar refractivity (Wildman–Crippen MR) is 237 cm³/mol. The van der Waals surface area contributed by atoms with E-state index in [2.05, 4.69) is 48.1 Å². The molecule has 4 aromatic carbocycles. The van der Waals surface area contributed by atoms with Crippen LogP contribution in [-0.4, -0.2) is 84.7 Å². The molecule has 0 saturated heterocycles. The molecule has 7 rings (SSSR count). The van der Waals surface area contributed by atoms with E-state index in [0.29, 0.717) is 114 Å². The molecule has 0 atom stereocenters. The normalized spacial score (nSPS) is 11.0. The zero-order chi connectivity index (χ0) is 43.1. The quantitative estimate of drug-likeness (QED) is 0.0262. The highest BCUT2D eigenvalue weighted by Gasteiger charge is 2.17. The van der Waals surface area contributed by atoms with Crippen LogP contribution < -0.4 is 31.2 Å². The van der Waals surface area contributed by atoms with E-state index in [-0.39, 0.29) is 11.8 Å². The molecule has 5 N–H and O–H groups in total. The van der Waals surface area contributed by atoms with Gasteiger partial charge in [-0.1, -0.05) is 76.8 Å². The van der Waals surface area contributed by atoms with Crippen LogP contribution in [0.1, 0.15) is 27.2 Å². The van der Waals surface area contributed by atoms with Gasteiger partial charge in [0.05, 0.1) is 37.7 Å². The van der Waals surface area contributed by atoms with Crippen LogP contribution in [0.4, 0.5) is 11.5 Å². The summed E-state index contributed by atoms with van der Waals surface area (Å²) in [5.74, 6) is 2.21. The van der Waals surface area contributed by atoms with Crippen molar-refractivity contribution in [1.82, 2.24) is 45.3 Å². The van der Waals surface area contributed by atoms with Crippen LogP contribution in [0.3, 0.4) is 0 Å². The lowest BCUT2D eigenvalue weighted by Crippen LogP contribution is -2.20. The first-order valence-corrected chi connectivity index (χ1v) is 20.9. The molecule has 0 spiro atoms. The second-order valence-corrected chi connectivity index (χ2v) is 14.9. The molecule has 3 aromatic heterocycles. The Morgan fingerprint density at radius 1 is 0.871 bits per heavy atom. The summed E-state index contributed by atoms with van der Waals surface area (Å²) in [5, 5.41) is 27.3. The molecular formula is C43H43ClN12O5S. The number of rotatable bonds is 22. The van der Waals surface area contributed by atoms with E-state index in [0.717, 1.165) is 16.8 Å². The van der Waals surface area contributed by atoms with Gasteiger partial charge in [-0.2, -0.15) is 0 Å². The number of nitrogens with one attached hydrogen (secondary N) is 3. The number of benzene rings is 4. The van der Waals surface area contributed by atoms with E-state index in [1.807, 2.05) is 42.6 Å². The first-order valence-electron chi connectivity index (χ1n) is 19.5. The molecule has 318 valence electrons. The molecule has 0 saturated carbocycles. The topological polar surface area (TPSA) is 211 Å². The number of aromatic nitrogens is 8. The molecule has 0 aliphatic carbocycles. The van der Waals surface area contributed by atoms with E-state index >= 15 is 0 Å². The molecule has 0 fully saturated rings. The van der Waals surface area contributed by atoms with E-state index in [4.69, 9.17) is 36.5 Å². The Balaban J connectivity index is 0.830. The van der Waals surface area contributed by atoms with Crippen molar-refractivity contribution < 1.29 is 23.8 Å². The third kappa shape index (κ3) is 12.1. The van der Waals surface area contributed by atoms with E-state index < -0.39 is 0 Å². The molecule has 7 aromatic rings. The fourth-order valence-electron chi connectivity index (χ4n) is 5.83. The van der Waals surface area contributed by atoms with E-state index in [1.165, 1.54) is 17.8 Å². The Bertz CT molecular complexity index is 2590. The van der Waals surface area contributed by atoms with Gasteiger partial charge in [-0.05, 0) is 77.9 Å². The Hall–Kier alpha value is -6.86. The smallest absolute Gasteiger partial charge is 0.255 e. The monoisotopic (exact) mass is 874 g/mol. The number of fused-ring (bicyclic) bond motifs is 1. The summed E-state index contributed by atoms with van der Waals surface area (Å²) >= 11 is 7.50. The van der Waals surface area contributed by atoms with Crippen molar-refractivity contribution in [2.24, 2.45) is 5.73 Å².